The number of nitrogens with one attached hydrogen (secondary N) is 1. The van der Waals surface area contributed by atoms with Crippen molar-refractivity contribution in [1.29, 1.82) is 0 Å². The average Bonchev–Trinajstić information content (AvgIpc) is 2.02. The van der Waals surface area contributed by atoms with Gasteiger partial charge in [-0.1, -0.05) is 12.1 Å². The van der Waals surface area contributed by atoms with Crippen LogP contribution in [0.5, 0.6) is 5.75 Å². The SMILES string of the molecule is O=C1NS(=O)(=O)Oc2ccccc21. The Morgan fingerprint density at radius 3 is 2.69 bits per heavy atom. The molecule has 1 aliphatic heterocycles. The molecule has 0 aliphatic carbocycles. The minimum Gasteiger partial charge on any atom is -0.366 e. The molecule has 1 aromatic rings. The molecule has 13 heavy (non-hydrogen) atoms. The number of hydrogen-bond acceptors (Lipinski definition) is 4. The van der Waals surface area contributed by atoms with E-state index in [0.717, 1.165) is 0 Å². The first kappa shape index (κ1) is 8.06. The molecule has 0 unspecified atom stereocenters. The maximum atomic E-state index is 11.1. The Labute approximate surface area is 74.6 Å². The van der Waals surface area contributed by atoms with Gasteiger partial charge in [0.15, 0.2) is 5.75 Å². The first-order valence-corrected chi connectivity index (χ1v) is 4.85. The fourth-order valence-corrected chi connectivity index (χ4v) is 1.79. The highest BCUT2D eigenvalue weighted by molar-refractivity contribution is 7.85. The number of rotatable bonds is 0. The summed E-state index contributed by atoms with van der Waals surface area (Å²) in [6.07, 6.45) is 0. The van der Waals surface area contributed by atoms with Gasteiger partial charge in [0, 0.05) is 0 Å². The summed E-state index contributed by atoms with van der Waals surface area (Å²) in [7, 11) is -3.94. The number of fused-ring (bicyclic) bond motifs is 1. The molecule has 0 atom stereocenters. The summed E-state index contributed by atoms with van der Waals surface area (Å²) in [6, 6.07) is 6.12. The summed E-state index contributed by atoms with van der Waals surface area (Å²) < 4.78 is 28.0. The molecule has 1 aromatic carbocycles. The Hall–Kier alpha value is -1.56. The summed E-state index contributed by atoms with van der Waals surface area (Å²) in [5.41, 5.74) is 0.220. The van der Waals surface area contributed by atoms with E-state index in [2.05, 4.69) is 4.18 Å². The summed E-state index contributed by atoms with van der Waals surface area (Å²) in [5.74, 6) is -0.604. The maximum Gasteiger partial charge on any atom is 0.410 e. The van der Waals surface area contributed by atoms with E-state index in [1.807, 2.05) is 0 Å². The van der Waals surface area contributed by atoms with Gasteiger partial charge in [-0.15, -0.1) is 0 Å². The summed E-state index contributed by atoms with van der Waals surface area (Å²) in [6.45, 7) is 0. The van der Waals surface area contributed by atoms with E-state index >= 15 is 0 Å². The topological polar surface area (TPSA) is 72.5 Å². The zero-order valence-electron chi connectivity index (χ0n) is 6.35. The average molecular weight is 199 g/mol. The Bertz CT molecular complexity index is 465. The van der Waals surface area contributed by atoms with E-state index in [0.29, 0.717) is 0 Å². The lowest BCUT2D eigenvalue weighted by molar-refractivity contribution is 0.0971. The van der Waals surface area contributed by atoms with E-state index in [1.165, 1.54) is 12.1 Å². The van der Waals surface area contributed by atoms with Gasteiger partial charge in [-0.25, -0.2) is 4.72 Å². The molecule has 0 saturated carbocycles. The van der Waals surface area contributed by atoms with Gasteiger partial charge in [-0.2, -0.15) is 8.42 Å². The van der Waals surface area contributed by atoms with Crippen LogP contribution in [0, 0.1) is 0 Å². The second-order valence-corrected chi connectivity index (χ2v) is 3.74. The Morgan fingerprint density at radius 1 is 1.23 bits per heavy atom. The van der Waals surface area contributed by atoms with Gasteiger partial charge in [0.2, 0.25) is 0 Å². The molecule has 0 saturated heterocycles. The zero-order valence-corrected chi connectivity index (χ0v) is 7.17. The van der Waals surface area contributed by atoms with E-state index in [4.69, 9.17) is 0 Å². The first-order chi connectivity index (χ1) is 6.08. The predicted molar refractivity (Wildman–Crippen MR) is 43.5 cm³/mol. The second kappa shape index (κ2) is 2.46. The largest absolute Gasteiger partial charge is 0.410 e. The Morgan fingerprint density at radius 2 is 1.92 bits per heavy atom. The van der Waals surface area contributed by atoms with Crippen LogP contribution >= 0.6 is 0 Å². The number of carbonyl (C=O) groups is 1. The van der Waals surface area contributed by atoms with Gasteiger partial charge in [0.25, 0.3) is 5.91 Å². The van der Waals surface area contributed by atoms with Gasteiger partial charge in [0.1, 0.15) is 0 Å². The van der Waals surface area contributed by atoms with Crippen molar-refractivity contribution in [2.45, 2.75) is 0 Å². The van der Waals surface area contributed by atoms with Gasteiger partial charge in [0.05, 0.1) is 5.56 Å². The molecule has 0 spiro atoms. The van der Waals surface area contributed by atoms with Crippen LogP contribution in [0.3, 0.4) is 0 Å². The molecule has 68 valence electrons. The molecule has 1 N–H and O–H groups in total. The second-order valence-electron chi connectivity index (χ2n) is 2.46. The van der Waals surface area contributed by atoms with Crippen molar-refractivity contribution >= 4 is 16.2 Å². The van der Waals surface area contributed by atoms with Crippen molar-refractivity contribution in [2.75, 3.05) is 0 Å². The van der Waals surface area contributed by atoms with Crippen molar-refractivity contribution in [3.8, 4) is 5.75 Å². The number of hydrogen-bond donors (Lipinski definition) is 1. The Kier molecular flexibility index (Phi) is 1.53. The van der Waals surface area contributed by atoms with Gasteiger partial charge >= 0.3 is 10.3 Å². The molecule has 6 heteroatoms. The van der Waals surface area contributed by atoms with Gasteiger partial charge in [-0.3, -0.25) is 4.79 Å². The predicted octanol–water partition coefficient (Wildman–Crippen LogP) is 0.0536. The molecule has 5 nitrogen and oxygen atoms in total. The molecular formula is C7H5NO4S. The molecular weight excluding hydrogens is 194 g/mol. The lowest BCUT2D eigenvalue weighted by Gasteiger charge is -2.15. The summed E-state index contributed by atoms with van der Waals surface area (Å²) in [5, 5.41) is 0. The van der Waals surface area contributed by atoms with Gasteiger partial charge in [-0.05, 0) is 12.1 Å². The number of benzene rings is 1. The third-order valence-electron chi connectivity index (χ3n) is 1.55. The fourth-order valence-electron chi connectivity index (χ4n) is 1.03. The highest BCUT2D eigenvalue weighted by atomic mass is 32.2. The van der Waals surface area contributed by atoms with Crippen molar-refractivity contribution in [2.24, 2.45) is 0 Å². The lowest BCUT2D eigenvalue weighted by Crippen LogP contribution is -2.38. The van der Waals surface area contributed by atoms with E-state index in [-0.39, 0.29) is 11.3 Å². The zero-order chi connectivity index (χ0) is 9.47. The number of carbonyl (C=O) groups excluding carboxylic acids is 1. The third kappa shape index (κ3) is 1.35. The molecule has 0 bridgehead atoms. The normalized spacial score (nSPS) is 18.3. The van der Waals surface area contributed by atoms with Crippen molar-refractivity contribution < 1.29 is 17.4 Å². The molecule has 0 aromatic heterocycles. The van der Waals surface area contributed by atoms with Crippen LogP contribution in [0.1, 0.15) is 10.4 Å². The quantitative estimate of drug-likeness (QED) is 0.641. The summed E-state index contributed by atoms with van der Waals surface area (Å²) >= 11 is 0. The van der Waals surface area contributed by atoms with E-state index in [1.54, 1.807) is 16.9 Å². The van der Waals surface area contributed by atoms with Crippen LogP contribution in [0.25, 0.3) is 0 Å². The minimum absolute atomic E-state index is 0.0613. The first-order valence-electron chi connectivity index (χ1n) is 3.44. The maximum absolute atomic E-state index is 11.1. The van der Waals surface area contributed by atoms with E-state index < -0.39 is 16.2 Å². The Balaban J connectivity index is 2.61. The van der Waals surface area contributed by atoms with Crippen LogP contribution < -0.4 is 8.91 Å². The standard InChI is InChI=1S/C7H5NO4S/c9-7-5-3-1-2-4-6(5)12-13(10,11)8-7/h1-4H,(H,8,9). The lowest BCUT2D eigenvalue weighted by atomic mass is 10.2. The highest BCUT2D eigenvalue weighted by Gasteiger charge is 2.27. The molecule has 1 aliphatic rings. The van der Waals surface area contributed by atoms with Crippen molar-refractivity contribution in [3.63, 3.8) is 0 Å². The number of amides is 1. The third-order valence-corrected chi connectivity index (χ3v) is 2.38. The molecule has 0 radical (unpaired) electrons. The van der Waals surface area contributed by atoms with Crippen molar-refractivity contribution in [3.05, 3.63) is 29.8 Å². The monoisotopic (exact) mass is 199 g/mol. The molecule has 1 heterocycles. The number of para-hydroxylation sites is 1. The fraction of sp³-hybridized carbons (Fsp3) is 0. The van der Waals surface area contributed by atoms with E-state index in [9.17, 15) is 13.2 Å². The van der Waals surface area contributed by atoms with Crippen LogP contribution in [-0.4, -0.2) is 14.3 Å². The molecule has 1 amide bonds. The van der Waals surface area contributed by atoms with Crippen LogP contribution in [0.15, 0.2) is 24.3 Å². The minimum atomic E-state index is -3.94. The molecule has 0 fully saturated rings. The van der Waals surface area contributed by atoms with Crippen LogP contribution in [0.2, 0.25) is 0 Å². The van der Waals surface area contributed by atoms with Crippen LogP contribution in [0.4, 0.5) is 0 Å². The molecule has 2 rings (SSSR count). The highest BCUT2D eigenvalue weighted by Crippen LogP contribution is 2.22. The summed E-state index contributed by atoms with van der Waals surface area (Å²) in [4.78, 5) is 11.1. The van der Waals surface area contributed by atoms with Crippen molar-refractivity contribution in [1.82, 2.24) is 4.72 Å². The van der Waals surface area contributed by atoms with Gasteiger partial charge < -0.3 is 4.18 Å². The van der Waals surface area contributed by atoms with Crippen LogP contribution in [-0.2, 0) is 10.3 Å². The smallest absolute Gasteiger partial charge is 0.366 e.